The van der Waals surface area contributed by atoms with Gasteiger partial charge in [-0.2, -0.15) is 0 Å². The zero-order valence-electron chi connectivity index (χ0n) is 15.7. The summed E-state index contributed by atoms with van der Waals surface area (Å²) in [5, 5.41) is 1.04. The fourth-order valence-electron chi connectivity index (χ4n) is 2.79. The number of benzene rings is 2. The molecule has 128 valence electrons. The van der Waals surface area contributed by atoms with Crippen molar-refractivity contribution in [1.82, 2.24) is 0 Å². The number of hydrogen-bond acceptors (Lipinski definition) is 2. The summed E-state index contributed by atoms with van der Waals surface area (Å²) >= 11 is 0. The van der Waals surface area contributed by atoms with Crippen molar-refractivity contribution in [1.29, 1.82) is 0 Å². The van der Waals surface area contributed by atoms with Crippen molar-refractivity contribution in [3.63, 3.8) is 0 Å². The first-order chi connectivity index (χ1) is 11.1. The molecule has 0 aliphatic carbocycles. The van der Waals surface area contributed by atoms with E-state index in [2.05, 4.69) is 19.9 Å². The molecule has 1 atom stereocenters. The molecule has 1 unspecified atom stereocenters. The second-order valence-electron chi connectivity index (χ2n) is 7.33. The van der Waals surface area contributed by atoms with E-state index in [0.717, 1.165) is 27.7 Å². The van der Waals surface area contributed by atoms with Crippen LogP contribution in [-0.4, -0.2) is 11.1 Å². The molecule has 0 aromatic heterocycles. The average molecular weight is 342 g/mol. The monoisotopic (exact) mass is 342 g/mol. The van der Waals surface area contributed by atoms with Crippen LogP contribution in [0.3, 0.4) is 0 Å². The summed E-state index contributed by atoms with van der Waals surface area (Å²) in [6, 6.07) is 9.98. The maximum absolute atomic E-state index is 12.8. The Morgan fingerprint density at radius 3 is 2.04 bits per heavy atom. The predicted octanol–water partition coefficient (Wildman–Crippen LogP) is 5.24. The van der Waals surface area contributed by atoms with E-state index in [9.17, 15) is 4.79 Å². The van der Waals surface area contributed by atoms with Crippen molar-refractivity contribution in [3.05, 3.63) is 58.1 Å². The fraction of sp³-hybridized carbons (Fsp3) is 0.381. The fourth-order valence-corrected chi connectivity index (χ4v) is 3.89. The molecule has 2 nitrogen and oxygen atoms in total. The first-order valence-electron chi connectivity index (χ1n) is 8.26. The first kappa shape index (κ1) is 18.7. The van der Waals surface area contributed by atoms with Gasteiger partial charge in [0.1, 0.15) is 11.4 Å². The normalized spacial score (nSPS) is 12.0. The number of aryl methyl sites for hydroxylation is 2. The van der Waals surface area contributed by atoms with Crippen molar-refractivity contribution in [2.24, 2.45) is 0 Å². The molecule has 0 bridgehead atoms. The Morgan fingerprint density at radius 1 is 0.917 bits per heavy atom. The van der Waals surface area contributed by atoms with Crippen LogP contribution in [0.4, 0.5) is 0 Å². The molecule has 2 aromatic carbocycles. The van der Waals surface area contributed by atoms with E-state index in [0.29, 0.717) is 0 Å². The highest BCUT2D eigenvalue weighted by Gasteiger charge is 2.16. The molecule has 0 N–H and O–H groups in total. The van der Waals surface area contributed by atoms with E-state index in [1.54, 1.807) is 0 Å². The van der Waals surface area contributed by atoms with Gasteiger partial charge in [0, 0.05) is 5.56 Å². The smallest absolute Gasteiger partial charge is 0.186 e. The average Bonchev–Trinajstić information content (AvgIpc) is 2.45. The summed E-state index contributed by atoms with van der Waals surface area (Å²) in [5.41, 5.74) is 5.51. The lowest BCUT2D eigenvalue weighted by atomic mass is 9.95. The molecular formula is C21H27O2P. The van der Waals surface area contributed by atoms with Crippen LogP contribution < -0.4 is 10.0 Å². The summed E-state index contributed by atoms with van der Waals surface area (Å²) in [6.45, 7) is 14.3. The molecule has 3 heteroatoms. The van der Waals surface area contributed by atoms with Crippen molar-refractivity contribution in [3.8, 4) is 5.75 Å². The maximum atomic E-state index is 12.8. The van der Waals surface area contributed by atoms with Gasteiger partial charge in [-0.15, -0.1) is 0 Å². The Morgan fingerprint density at radius 2 is 1.50 bits per heavy atom. The van der Waals surface area contributed by atoms with Crippen LogP contribution in [0.2, 0.25) is 0 Å². The minimum atomic E-state index is -0.215. The quantitative estimate of drug-likeness (QED) is 0.710. The molecule has 0 spiro atoms. The lowest BCUT2D eigenvalue weighted by Crippen LogP contribution is -2.23. The Kier molecular flexibility index (Phi) is 5.50. The third-order valence-corrected chi connectivity index (χ3v) is 5.22. The number of hydrogen-bond donors (Lipinski definition) is 0. The van der Waals surface area contributed by atoms with Gasteiger partial charge in [0.25, 0.3) is 0 Å². The summed E-state index contributed by atoms with van der Waals surface area (Å²) < 4.78 is 5.83. The van der Waals surface area contributed by atoms with Crippen LogP contribution in [0.15, 0.2) is 30.3 Å². The highest BCUT2D eigenvalue weighted by molar-refractivity contribution is 7.66. The van der Waals surface area contributed by atoms with Crippen LogP contribution in [0, 0.1) is 27.7 Å². The van der Waals surface area contributed by atoms with Gasteiger partial charge in [0.15, 0.2) is 5.52 Å². The van der Waals surface area contributed by atoms with Gasteiger partial charge in [0.2, 0.25) is 0 Å². The van der Waals surface area contributed by atoms with Crippen LogP contribution >= 0.6 is 8.58 Å². The summed E-state index contributed by atoms with van der Waals surface area (Å²) in [6.07, 6.45) is 0. The van der Waals surface area contributed by atoms with Gasteiger partial charge >= 0.3 is 0 Å². The molecule has 0 saturated heterocycles. The maximum Gasteiger partial charge on any atom is 0.186 e. The van der Waals surface area contributed by atoms with Gasteiger partial charge in [-0.25, -0.2) is 0 Å². The molecule has 24 heavy (non-hydrogen) atoms. The molecule has 0 heterocycles. The van der Waals surface area contributed by atoms with Crippen LogP contribution in [0.5, 0.6) is 5.75 Å². The Bertz CT molecular complexity index is 753. The largest absolute Gasteiger partial charge is 0.488 e. The SMILES string of the molecule is Cc1cc(C)c(C(=O)Pc2ccc(OC(C)(C)C)cc2)c(C)c1C. The van der Waals surface area contributed by atoms with Crippen LogP contribution in [-0.2, 0) is 0 Å². The minimum absolute atomic E-state index is 0.132. The molecule has 0 amide bonds. The van der Waals surface area contributed by atoms with E-state index < -0.39 is 0 Å². The van der Waals surface area contributed by atoms with Gasteiger partial charge < -0.3 is 4.74 Å². The van der Waals surface area contributed by atoms with Crippen LogP contribution in [0.1, 0.15) is 53.4 Å². The van der Waals surface area contributed by atoms with E-state index in [1.807, 2.05) is 58.9 Å². The molecular weight excluding hydrogens is 315 g/mol. The van der Waals surface area contributed by atoms with Crippen molar-refractivity contribution < 1.29 is 9.53 Å². The molecule has 2 rings (SSSR count). The van der Waals surface area contributed by atoms with E-state index in [1.165, 1.54) is 11.1 Å². The van der Waals surface area contributed by atoms with Gasteiger partial charge in [-0.3, -0.25) is 4.79 Å². The number of rotatable bonds is 4. The molecule has 0 aliphatic rings. The van der Waals surface area contributed by atoms with E-state index in [-0.39, 0.29) is 19.7 Å². The van der Waals surface area contributed by atoms with Gasteiger partial charge in [0.05, 0.1) is 0 Å². The second-order valence-corrected chi connectivity index (χ2v) is 8.61. The van der Waals surface area contributed by atoms with Crippen molar-refractivity contribution >= 4 is 19.4 Å². The van der Waals surface area contributed by atoms with Crippen molar-refractivity contribution in [2.45, 2.75) is 54.1 Å². The zero-order chi connectivity index (χ0) is 18.1. The number of carbonyl (C=O) groups is 1. The lowest BCUT2D eigenvalue weighted by Gasteiger charge is -2.21. The summed E-state index contributed by atoms with van der Waals surface area (Å²) in [7, 11) is 0.132. The summed E-state index contributed by atoms with van der Waals surface area (Å²) in [4.78, 5) is 12.8. The van der Waals surface area contributed by atoms with E-state index >= 15 is 0 Å². The molecule has 0 aliphatic heterocycles. The first-order valence-corrected chi connectivity index (χ1v) is 9.26. The molecule has 0 radical (unpaired) electrons. The summed E-state index contributed by atoms with van der Waals surface area (Å²) in [5.74, 6) is 0.835. The van der Waals surface area contributed by atoms with Crippen molar-refractivity contribution in [2.75, 3.05) is 0 Å². The topological polar surface area (TPSA) is 26.3 Å². The molecule has 0 fully saturated rings. The third kappa shape index (κ3) is 4.45. The highest BCUT2D eigenvalue weighted by Crippen LogP contribution is 2.28. The second kappa shape index (κ2) is 7.07. The highest BCUT2D eigenvalue weighted by atomic mass is 31.1. The molecule has 2 aromatic rings. The predicted molar refractivity (Wildman–Crippen MR) is 104 cm³/mol. The zero-order valence-corrected chi connectivity index (χ0v) is 16.7. The van der Waals surface area contributed by atoms with E-state index in [4.69, 9.17) is 4.74 Å². The van der Waals surface area contributed by atoms with Gasteiger partial charge in [-0.1, -0.05) is 18.2 Å². The number of carbonyl (C=O) groups excluding carboxylic acids is 1. The number of ether oxygens (including phenoxy) is 1. The standard InChI is InChI=1S/C21H27O2P/c1-13-12-14(2)19(16(4)15(13)3)20(22)24-18-10-8-17(9-11-18)23-21(5,6)7/h8-12,24H,1-7H3. The Labute approximate surface area is 147 Å². The Balaban J connectivity index is 2.20. The lowest BCUT2D eigenvalue weighted by molar-refractivity contribution is 0.108. The van der Waals surface area contributed by atoms with Crippen LogP contribution in [0.25, 0.3) is 0 Å². The minimum Gasteiger partial charge on any atom is -0.488 e. The Hall–Kier alpha value is -1.66. The molecule has 0 saturated carbocycles. The third-order valence-electron chi connectivity index (χ3n) is 4.12. The van der Waals surface area contributed by atoms with Gasteiger partial charge in [-0.05, 0) is 96.7 Å².